The second-order valence-corrected chi connectivity index (χ2v) is 8.52. The molecule has 1 aromatic heterocycles. The van der Waals surface area contributed by atoms with E-state index in [1.54, 1.807) is 0 Å². The lowest BCUT2D eigenvalue weighted by atomic mass is 9.94. The van der Waals surface area contributed by atoms with E-state index in [2.05, 4.69) is 40.3 Å². The highest BCUT2D eigenvalue weighted by atomic mass is 16.2. The van der Waals surface area contributed by atoms with Crippen molar-refractivity contribution in [1.29, 1.82) is 0 Å². The molecule has 0 saturated carbocycles. The number of H-pyrrole nitrogens is 1. The molecule has 1 aliphatic carbocycles. The van der Waals surface area contributed by atoms with Gasteiger partial charge in [0.25, 0.3) is 5.91 Å². The summed E-state index contributed by atoms with van der Waals surface area (Å²) in [6.45, 7) is 6.74. The lowest BCUT2D eigenvalue weighted by Crippen LogP contribution is -2.37. The zero-order valence-electron chi connectivity index (χ0n) is 17.5. The number of aromatic nitrogens is 1. The predicted octanol–water partition coefficient (Wildman–Crippen LogP) is 4.15. The molecule has 1 aliphatic heterocycles. The molecule has 2 aliphatic rings. The maximum atomic E-state index is 12.9. The molecule has 1 amide bonds. The molecule has 4 rings (SSSR count). The molecule has 1 fully saturated rings. The van der Waals surface area contributed by atoms with Crippen LogP contribution in [-0.4, -0.2) is 34.2 Å². The van der Waals surface area contributed by atoms with Crippen molar-refractivity contribution in [3.8, 4) is 0 Å². The minimum Gasteiger partial charge on any atom is -0.354 e. The van der Waals surface area contributed by atoms with Crippen molar-refractivity contribution in [2.24, 2.45) is 0 Å². The average molecular weight is 394 g/mol. The van der Waals surface area contributed by atoms with Gasteiger partial charge in [0, 0.05) is 36.8 Å². The summed E-state index contributed by atoms with van der Waals surface area (Å²) in [6.07, 6.45) is 6.11. The number of fused-ring (bicyclic) bond motifs is 1. The Morgan fingerprint density at radius 2 is 1.97 bits per heavy atom. The third kappa shape index (κ3) is 4.15. The Bertz CT molecular complexity index is 915. The molecule has 154 valence electrons. The monoisotopic (exact) mass is 393 g/mol. The number of likely N-dealkylation sites (tertiary alicyclic amines) is 1. The Hall–Kier alpha value is -2.40. The zero-order chi connectivity index (χ0) is 20.4. The van der Waals surface area contributed by atoms with E-state index in [0.717, 1.165) is 48.3 Å². The van der Waals surface area contributed by atoms with Crippen molar-refractivity contribution in [2.45, 2.75) is 71.5 Å². The predicted molar refractivity (Wildman–Crippen MR) is 114 cm³/mol. The number of nitrogens with zero attached hydrogens (tertiary/aromatic N) is 1. The number of piperidine rings is 1. The van der Waals surface area contributed by atoms with Crippen molar-refractivity contribution >= 4 is 11.7 Å². The molecule has 0 spiro atoms. The smallest absolute Gasteiger partial charge is 0.268 e. The van der Waals surface area contributed by atoms with E-state index in [0.29, 0.717) is 24.7 Å². The van der Waals surface area contributed by atoms with Crippen LogP contribution in [0.15, 0.2) is 24.3 Å². The average Bonchev–Trinajstić information content (AvgIpc) is 3.07. The third-order valence-electron chi connectivity index (χ3n) is 6.54. The van der Waals surface area contributed by atoms with Gasteiger partial charge in [-0.3, -0.25) is 14.5 Å². The van der Waals surface area contributed by atoms with Crippen LogP contribution >= 0.6 is 0 Å². The van der Waals surface area contributed by atoms with Gasteiger partial charge in [-0.15, -0.1) is 0 Å². The summed E-state index contributed by atoms with van der Waals surface area (Å²) in [5.74, 6) is 0.0193. The molecule has 2 heterocycles. The van der Waals surface area contributed by atoms with E-state index in [9.17, 15) is 9.59 Å². The lowest BCUT2D eigenvalue weighted by Gasteiger charge is -2.33. The first-order valence-electron chi connectivity index (χ1n) is 10.9. The first-order chi connectivity index (χ1) is 14.0. The number of rotatable bonds is 5. The molecule has 2 N–H and O–H groups in total. The number of ketones is 1. The minimum atomic E-state index is -0.133. The molecular weight excluding hydrogens is 362 g/mol. The molecule has 0 bridgehead atoms. The molecule has 5 heteroatoms. The van der Waals surface area contributed by atoms with E-state index >= 15 is 0 Å². The topological polar surface area (TPSA) is 65.2 Å². The summed E-state index contributed by atoms with van der Waals surface area (Å²) in [5, 5.41) is 3.07. The highest BCUT2D eigenvalue weighted by Gasteiger charge is 2.26. The zero-order valence-corrected chi connectivity index (χ0v) is 17.5. The summed E-state index contributed by atoms with van der Waals surface area (Å²) in [7, 11) is 0. The quantitative estimate of drug-likeness (QED) is 0.802. The Balaban J connectivity index is 1.46. The Morgan fingerprint density at radius 3 is 2.72 bits per heavy atom. The number of aryl methyl sites for hydroxylation is 1. The fourth-order valence-corrected chi connectivity index (χ4v) is 4.76. The molecule has 5 nitrogen and oxygen atoms in total. The number of Topliss-reactive ketones (excluding diaryl/α,β-unsaturated/α-hetero) is 1. The molecule has 0 unspecified atom stereocenters. The Morgan fingerprint density at radius 1 is 1.17 bits per heavy atom. The van der Waals surface area contributed by atoms with Crippen LogP contribution in [0.5, 0.6) is 0 Å². The van der Waals surface area contributed by atoms with Crippen molar-refractivity contribution < 1.29 is 9.59 Å². The van der Waals surface area contributed by atoms with E-state index < -0.39 is 0 Å². The summed E-state index contributed by atoms with van der Waals surface area (Å²) in [6, 6.07) is 8.98. The van der Waals surface area contributed by atoms with Crippen molar-refractivity contribution in [1.82, 2.24) is 15.2 Å². The van der Waals surface area contributed by atoms with Crippen LogP contribution in [0, 0.1) is 6.92 Å². The third-order valence-corrected chi connectivity index (χ3v) is 6.54. The van der Waals surface area contributed by atoms with Crippen molar-refractivity contribution in [3.63, 3.8) is 0 Å². The first-order valence-corrected chi connectivity index (χ1v) is 10.9. The summed E-state index contributed by atoms with van der Waals surface area (Å²) >= 11 is 0. The van der Waals surface area contributed by atoms with E-state index in [-0.39, 0.29) is 11.7 Å². The minimum absolute atomic E-state index is 0.133. The number of nitrogens with one attached hydrogen (secondary N) is 2. The second-order valence-electron chi connectivity index (χ2n) is 8.52. The Kier molecular flexibility index (Phi) is 5.86. The number of hydrogen-bond acceptors (Lipinski definition) is 3. The van der Waals surface area contributed by atoms with Gasteiger partial charge < -0.3 is 10.3 Å². The van der Waals surface area contributed by atoms with Gasteiger partial charge in [0.2, 0.25) is 0 Å². The van der Waals surface area contributed by atoms with E-state index in [1.807, 2.05) is 13.0 Å². The highest BCUT2D eigenvalue weighted by molar-refractivity contribution is 6.04. The largest absolute Gasteiger partial charge is 0.354 e. The number of hydrogen-bond donors (Lipinski definition) is 2. The normalized spacial score (nSPS) is 19.8. The molecule has 1 atom stereocenters. The standard InChI is InChI=1S/C24H31N3O2/c1-16-8-5-6-13-27(16)15-19-10-4-3-9-18(19)14-25-24(29)23-17(2)22-20(26-23)11-7-12-21(22)28/h3-4,9-10,16,26H,5-8,11-15H2,1-2H3,(H,25,29)/t16-/m0/s1. The van der Waals surface area contributed by atoms with E-state index in [4.69, 9.17) is 0 Å². The van der Waals surface area contributed by atoms with Crippen LogP contribution in [0.3, 0.4) is 0 Å². The lowest BCUT2D eigenvalue weighted by molar-refractivity contribution is 0.0944. The number of amides is 1. The van der Waals surface area contributed by atoms with Gasteiger partial charge >= 0.3 is 0 Å². The SMILES string of the molecule is Cc1c(C(=O)NCc2ccccc2CN2CCCC[C@@H]2C)[nH]c2c1C(=O)CCC2. The highest BCUT2D eigenvalue weighted by Crippen LogP contribution is 2.26. The van der Waals surface area contributed by atoms with Crippen molar-refractivity contribution in [3.05, 3.63) is 57.9 Å². The van der Waals surface area contributed by atoms with Gasteiger partial charge in [0.15, 0.2) is 5.78 Å². The molecular formula is C24H31N3O2. The molecule has 2 aromatic rings. The van der Waals surface area contributed by atoms with Crippen LogP contribution in [0.2, 0.25) is 0 Å². The molecule has 0 radical (unpaired) electrons. The summed E-state index contributed by atoms with van der Waals surface area (Å²) in [4.78, 5) is 30.8. The molecule has 29 heavy (non-hydrogen) atoms. The Labute approximate surface area is 172 Å². The maximum absolute atomic E-state index is 12.9. The number of carbonyl (C=O) groups excluding carboxylic acids is 2. The van der Waals surface area contributed by atoms with Crippen LogP contribution in [0.4, 0.5) is 0 Å². The van der Waals surface area contributed by atoms with Gasteiger partial charge in [-0.25, -0.2) is 0 Å². The number of aromatic amines is 1. The maximum Gasteiger partial charge on any atom is 0.268 e. The van der Waals surface area contributed by atoms with Crippen LogP contribution in [-0.2, 0) is 19.5 Å². The number of carbonyl (C=O) groups is 2. The van der Waals surface area contributed by atoms with Gasteiger partial charge in [-0.05, 0) is 62.8 Å². The van der Waals surface area contributed by atoms with Crippen LogP contribution in [0.25, 0.3) is 0 Å². The van der Waals surface area contributed by atoms with Gasteiger partial charge in [-0.1, -0.05) is 30.7 Å². The summed E-state index contributed by atoms with van der Waals surface area (Å²) in [5.41, 5.74) is 5.41. The van der Waals surface area contributed by atoms with Gasteiger partial charge in [0.05, 0.1) is 0 Å². The van der Waals surface area contributed by atoms with Gasteiger partial charge in [0.1, 0.15) is 5.69 Å². The molecule has 1 aromatic carbocycles. The van der Waals surface area contributed by atoms with Crippen LogP contribution in [0.1, 0.15) is 82.3 Å². The van der Waals surface area contributed by atoms with E-state index in [1.165, 1.54) is 24.8 Å². The molecule has 1 saturated heterocycles. The van der Waals surface area contributed by atoms with Gasteiger partial charge in [-0.2, -0.15) is 0 Å². The fourth-order valence-electron chi connectivity index (χ4n) is 4.76. The first kappa shape index (κ1) is 19.9. The second kappa shape index (κ2) is 8.54. The van der Waals surface area contributed by atoms with Crippen LogP contribution < -0.4 is 5.32 Å². The summed E-state index contributed by atoms with van der Waals surface area (Å²) < 4.78 is 0. The number of benzene rings is 1. The van der Waals surface area contributed by atoms with Crippen molar-refractivity contribution in [2.75, 3.05) is 6.54 Å². The fraction of sp³-hybridized carbons (Fsp3) is 0.500.